The van der Waals surface area contributed by atoms with Crippen LogP contribution in [0.5, 0.6) is 11.5 Å². The van der Waals surface area contributed by atoms with Gasteiger partial charge >= 0.3 is 36.0 Å². The molecule has 10 rings (SSSR count). The summed E-state index contributed by atoms with van der Waals surface area (Å²) in [5.74, 6) is -5.58. The maximum absolute atomic E-state index is 14.5. The number of ether oxygens (including phenoxy) is 4. The van der Waals surface area contributed by atoms with Gasteiger partial charge in [-0.3, -0.25) is 38.4 Å². The molecule has 0 spiro atoms. The Bertz CT molecular complexity index is 4620. The molecule has 5 atom stereocenters. The molecule has 1 fully saturated rings. The topological polar surface area (TPSA) is 444 Å². The van der Waals surface area contributed by atoms with Crippen molar-refractivity contribution in [3.8, 4) is 22.9 Å². The van der Waals surface area contributed by atoms with Crippen LogP contribution in [0, 0.1) is 5.92 Å². The summed E-state index contributed by atoms with van der Waals surface area (Å²) in [6.07, 6.45) is -0.00671. The number of carbonyl (C=O) groups is 10. The maximum atomic E-state index is 14.5. The van der Waals surface area contributed by atoms with Crippen molar-refractivity contribution in [1.29, 1.82) is 0 Å². The summed E-state index contributed by atoms with van der Waals surface area (Å²) in [6.45, 7) is 10.00. The average Bonchev–Trinajstić information content (AvgIpc) is 1.51. The highest BCUT2D eigenvalue weighted by atomic mass is 32.2. The Morgan fingerprint density at radius 1 is 0.731 bits per heavy atom. The number of nitrogens with one attached hydrogen (secondary N) is 9. The van der Waals surface area contributed by atoms with Gasteiger partial charge in [-0.25, -0.2) is 37.4 Å². The van der Waals surface area contributed by atoms with Gasteiger partial charge in [-0.05, 0) is 131 Å². The van der Waals surface area contributed by atoms with Crippen LogP contribution in [0.3, 0.4) is 0 Å². The van der Waals surface area contributed by atoms with E-state index in [2.05, 4.69) is 47.3 Å². The number of nitrogens with two attached hydrogens (primary N) is 1. The molecule has 10 amide bonds. The van der Waals surface area contributed by atoms with Crippen LogP contribution in [0.2, 0.25) is 0 Å². The van der Waals surface area contributed by atoms with Crippen molar-refractivity contribution in [2.75, 3.05) is 108 Å². The number of benzene rings is 4. The van der Waals surface area contributed by atoms with Crippen LogP contribution < -0.4 is 68.0 Å². The van der Waals surface area contributed by atoms with Gasteiger partial charge in [0.05, 0.1) is 59.3 Å². The first-order valence-corrected chi connectivity index (χ1v) is 36.9. The molecule has 0 bridgehead atoms. The molecule has 6 heterocycles. The Balaban J connectivity index is 0.639. The van der Waals surface area contributed by atoms with E-state index in [-0.39, 0.29) is 85.4 Å². The van der Waals surface area contributed by atoms with E-state index in [1.807, 2.05) is 43.0 Å². The minimum Gasteiger partial charge on any atom is -0.481 e. The number of hydrogen-bond acceptors (Lipinski definition) is 21. The van der Waals surface area contributed by atoms with Crippen LogP contribution >= 0.6 is 0 Å². The summed E-state index contributed by atoms with van der Waals surface area (Å²) in [5.41, 5.74) is 6.85. The number of hydrogen-bond donors (Lipinski definition) is 11. The molecule has 4 aromatic carbocycles. The molecule has 1 saturated heterocycles. The number of fused-ring (bicyclic) bond motifs is 6. The number of likely N-dealkylation sites (N-methyl/N-ethyl adjacent to an activating group) is 3. The van der Waals surface area contributed by atoms with E-state index in [9.17, 15) is 66.3 Å². The van der Waals surface area contributed by atoms with Crippen LogP contribution in [0.4, 0.5) is 37.1 Å². The molecule has 0 saturated carbocycles. The van der Waals surface area contributed by atoms with Crippen LogP contribution in [-0.4, -0.2) is 207 Å². The van der Waals surface area contributed by atoms with Gasteiger partial charge < -0.3 is 91.6 Å². The van der Waals surface area contributed by atoms with Gasteiger partial charge in [0.2, 0.25) is 36.0 Å². The fourth-order valence-electron chi connectivity index (χ4n) is 13.0. The number of likely N-dealkylation sites (tertiary alicyclic amines) is 1. The highest BCUT2D eigenvalue weighted by molar-refractivity contribution is 7.92. The van der Waals surface area contributed by atoms with Gasteiger partial charge in [-0.2, -0.15) is 0 Å². The van der Waals surface area contributed by atoms with Gasteiger partial charge in [0.1, 0.15) is 24.7 Å². The average molecular weight is 1510 g/mol. The second kappa shape index (κ2) is 34.9. The van der Waals surface area contributed by atoms with Gasteiger partial charge in [-0.1, -0.05) is 45.9 Å². The lowest BCUT2D eigenvalue weighted by Gasteiger charge is -2.37. The van der Waals surface area contributed by atoms with Crippen molar-refractivity contribution in [2.45, 2.75) is 114 Å². The van der Waals surface area contributed by atoms with Crippen molar-refractivity contribution in [1.82, 2.24) is 55.7 Å². The van der Waals surface area contributed by atoms with Gasteiger partial charge in [0.25, 0.3) is 15.6 Å². The van der Waals surface area contributed by atoms with Crippen molar-refractivity contribution in [3.05, 3.63) is 130 Å². The Labute approximate surface area is 622 Å². The number of aliphatic carboxylic acids is 1. The zero-order valence-electron chi connectivity index (χ0n) is 60.9. The minimum absolute atomic E-state index is 0.0698. The summed E-state index contributed by atoms with van der Waals surface area (Å²) >= 11 is 0. The van der Waals surface area contributed by atoms with Crippen molar-refractivity contribution >= 4 is 103 Å². The zero-order valence-corrected chi connectivity index (χ0v) is 61.7. The molecular formula is C73H90N16O18S. The fourth-order valence-corrected chi connectivity index (χ4v) is 14.1. The summed E-state index contributed by atoms with van der Waals surface area (Å²) in [4.78, 5) is 159. The number of urea groups is 3. The SMILES string of the molecule is CCCNC(=O)Nc1cccc(S(=O)(=O)Nc2cccc([C@H](CC(=O)O)NC(=O)Nc3ccc(NC(=O)NCCN(C)CCN(C)CCN(C)CC(=O)N[C@@H](CC(N)=O)C(=O)N4CCC[C@H]4C(=O)N[C@H](C(=O)O[C@]4(CC)C(=O)OCc5c4cc4n(c5=O)Cc5cc6cc7c(cc6nc5-4)OCO7)C(C)C)cc3)c2)c1. The third kappa shape index (κ3) is 19.4. The summed E-state index contributed by atoms with van der Waals surface area (Å²) < 4.78 is 53.7. The van der Waals surface area contributed by atoms with Crippen molar-refractivity contribution in [2.24, 2.45) is 11.7 Å². The first-order valence-electron chi connectivity index (χ1n) is 35.4. The number of amides is 10. The third-order valence-corrected chi connectivity index (χ3v) is 20.2. The largest absolute Gasteiger partial charge is 0.481 e. The second-order valence-electron chi connectivity index (χ2n) is 27.3. The van der Waals surface area contributed by atoms with Crippen LogP contribution in [0.25, 0.3) is 22.3 Å². The standard InChI is InChI=1S/C73H90N16O18S/c1-8-22-75-70(99)79-48-14-11-16-50(33-48)108(102,103)84-49-15-10-13-43(31-49)54(37-62(92)93)82-72(101)78-47-20-18-46(19-21-47)77-71(100)76-23-25-85(5)26-27-86(6)28-29-87(7)39-61(91)80-55(36-60(74)90)67(96)88-24-12-17-56(88)65(94)83-63(42(3)4)68(97)107-73(9-2)52-34-57-64-45(38-89(57)66(95)51(52)40-104-69(73)98)30-44-32-58-59(106-41-105-58)35-53(44)81-64/h10-11,13-16,18-21,30-35,42,54-56,63,84H,8-9,12,17,22-29,36-41H2,1-7H3,(H2,74,90)(H,80,91)(H,83,94)(H,92,93)(H2,75,79,99)(H2,76,77,100)(H2,78,82,101)/t54-,55-,56-,63-,73-/m0/s1. The lowest BCUT2D eigenvalue weighted by molar-refractivity contribution is -0.191. The van der Waals surface area contributed by atoms with E-state index in [0.717, 1.165) is 10.9 Å². The quantitative estimate of drug-likeness (QED) is 0.0257. The number of nitrogens with zero attached hydrogens (tertiary/aromatic N) is 6. The van der Waals surface area contributed by atoms with Crippen LogP contribution in [0.1, 0.15) is 94.5 Å². The highest BCUT2D eigenvalue weighted by Crippen LogP contribution is 2.43. The number of carbonyl (C=O) groups excluding carboxylic acids is 9. The molecular weight excluding hydrogens is 1420 g/mol. The Morgan fingerprint density at radius 2 is 1.38 bits per heavy atom. The van der Waals surface area contributed by atoms with Crippen molar-refractivity contribution in [3.63, 3.8) is 0 Å². The molecule has 576 valence electrons. The number of primary amides is 1. The molecule has 4 aliphatic heterocycles. The molecule has 6 aromatic rings. The lowest BCUT2D eigenvalue weighted by atomic mass is 9.85. The van der Waals surface area contributed by atoms with Crippen LogP contribution in [-0.2, 0) is 71.8 Å². The number of cyclic esters (lactones) is 1. The molecule has 2 aromatic heterocycles. The third-order valence-electron chi connectivity index (χ3n) is 18.8. The summed E-state index contributed by atoms with van der Waals surface area (Å²) in [6, 6.07) is 18.0. The monoisotopic (exact) mass is 1510 g/mol. The second-order valence-corrected chi connectivity index (χ2v) is 29.0. The Hall–Kier alpha value is -11.4. The number of carboxylic acids is 1. The minimum atomic E-state index is -4.19. The summed E-state index contributed by atoms with van der Waals surface area (Å²) in [5, 5.41) is 31.9. The lowest BCUT2D eigenvalue weighted by Crippen LogP contribution is -2.58. The number of carboxylic acid groups (broad SMARTS) is 1. The maximum Gasteiger partial charge on any atom is 0.355 e. The van der Waals surface area contributed by atoms with E-state index in [1.54, 1.807) is 57.0 Å². The highest BCUT2D eigenvalue weighted by Gasteiger charge is 2.52. The smallest absolute Gasteiger partial charge is 0.355 e. The van der Waals surface area contributed by atoms with E-state index in [0.29, 0.717) is 91.9 Å². The molecule has 0 unspecified atom stereocenters. The normalized spacial score (nSPS) is 16.3. The predicted molar refractivity (Wildman–Crippen MR) is 396 cm³/mol. The van der Waals surface area contributed by atoms with E-state index in [4.69, 9.17) is 29.7 Å². The van der Waals surface area contributed by atoms with E-state index in [1.165, 1.54) is 70.1 Å². The van der Waals surface area contributed by atoms with Crippen molar-refractivity contribution < 1.29 is 80.4 Å². The number of pyridine rings is 2. The molecule has 0 aliphatic carbocycles. The molecule has 4 aliphatic rings. The number of aromatic nitrogens is 2. The van der Waals surface area contributed by atoms with Gasteiger partial charge in [0, 0.05) is 97.7 Å². The number of anilines is 4. The number of esters is 2. The van der Waals surface area contributed by atoms with E-state index >= 15 is 0 Å². The molecule has 108 heavy (non-hydrogen) atoms. The predicted octanol–water partition coefficient (Wildman–Crippen LogP) is 4.14. The molecule has 35 heteroatoms. The molecule has 0 radical (unpaired) electrons. The van der Waals surface area contributed by atoms with Gasteiger partial charge in [-0.15, -0.1) is 0 Å². The Kier molecular flexibility index (Phi) is 25.6. The summed E-state index contributed by atoms with van der Waals surface area (Å²) in [7, 11) is 1.32. The first-order chi connectivity index (χ1) is 51.5. The zero-order chi connectivity index (χ0) is 77.7. The molecule has 12 N–H and O–H groups in total. The molecule has 34 nitrogen and oxygen atoms in total. The number of sulfonamides is 1. The fraction of sp³-hybridized carbons (Fsp3) is 0.425. The Morgan fingerprint density at radius 3 is 2.06 bits per heavy atom. The van der Waals surface area contributed by atoms with E-state index < -0.39 is 124 Å². The number of rotatable bonds is 33. The van der Waals surface area contributed by atoms with Gasteiger partial charge in [0.15, 0.2) is 11.5 Å². The first kappa shape index (κ1) is 79.1. The van der Waals surface area contributed by atoms with Crippen LogP contribution in [0.15, 0.2) is 107 Å².